The summed E-state index contributed by atoms with van der Waals surface area (Å²) in [5, 5.41) is 3.04. The highest BCUT2D eigenvalue weighted by Gasteiger charge is 2.22. The van der Waals surface area contributed by atoms with Crippen molar-refractivity contribution in [1.82, 2.24) is 24.8 Å². The average molecular weight is 286 g/mol. The smallest absolute Gasteiger partial charge is 0.228 e. The summed E-state index contributed by atoms with van der Waals surface area (Å²) in [6.45, 7) is 5.70. The van der Waals surface area contributed by atoms with E-state index < -0.39 is 0 Å². The molecule has 7 nitrogen and oxygen atoms in total. The summed E-state index contributed by atoms with van der Waals surface area (Å²) in [4.78, 5) is 19.4. The van der Waals surface area contributed by atoms with E-state index in [1.54, 1.807) is 30.9 Å². The number of likely N-dealkylation sites (N-methyl/N-ethyl adjacent to an activating group) is 1. The number of hydrogen-bond donors (Lipinski definition) is 1. The van der Waals surface area contributed by atoms with E-state index in [9.17, 15) is 0 Å². The van der Waals surface area contributed by atoms with Gasteiger partial charge >= 0.3 is 0 Å². The molecule has 1 N–H and O–H groups in total. The molecule has 3 rings (SSSR count). The second kappa shape index (κ2) is 6.55. The van der Waals surface area contributed by atoms with Gasteiger partial charge in [0.05, 0.1) is 24.7 Å². The van der Waals surface area contributed by atoms with Gasteiger partial charge in [0.15, 0.2) is 5.82 Å². The lowest BCUT2D eigenvalue weighted by atomic mass is 10.2. The van der Waals surface area contributed by atoms with Gasteiger partial charge in [-0.1, -0.05) is 6.92 Å². The molecule has 2 aromatic heterocycles. The Balaban J connectivity index is 1.74. The Morgan fingerprint density at radius 3 is 3.00 bits per heavy atom. The van der Waals surface area contributed by atoms with E-state index in [2.05, 4.69) is 37.1 Å². The van der Waals surface area contributed by atoms with E-state index in [0.717, 1.165) is 31.9 Å². The molecule has 0 aromatic carbocycles. The molecule has 0 unspecified atom stereocenters. The van der Waals surface area contributed by atoms with Crippen molar-refractivity contribution in [2.45, 2.75) is 13.0 Å². The summed E-state index contributed by atoms with van der Waals surface area (Å²) in [5.41, 5.74) is 0.828. The molecule has 110 valence electrons. The number of anilines is 2. The van der Waals surface area contributed by atoms with Crippen molar-refractivity contribution in [2.24, 2.45) is 0 Å². The van der Waals surface area contributed by atoms with E-state index in [4.69, 9.17) is 4.74 Å². The SMILES string of the molecule is CCN1CCO[C@@H](c2cncc(Nc3ncccn3)n2)C1. The van der Waals surface area contributed by atoms with Crippen LogP contribution >= 0.6 is 0 Å². The van der Waals surface area contributed by atoms with Crippen LogP contribution in [0.15, 0.2) is 30.9 Å². The molecule has 0 bridgehead atoms. The fourth-order valence-electron chi connectivity index (χ4n) is 2.24. The molecule has 0 radical (unpaired) electrons. The van der Waals surface area contributed by atoms with Crippen LogP contribution in [0.3, 0.4) is 0 Å². The molecule has 3 heterocycles. The molecular weight excluding hydrogens is 268 g/mol. The Bertz CT molecular complexity index is 579. The molecule has 1 aliphatic heterocycles. The highest BCUT2D eigenvalue weighted by molar-refractivity contribution is 5.45. The van der Waals surface area contributed by atoms with E-state index in [1.807, 2.05) is 0 Å². The molecule has 2 aromatic rings. The van der Waals surface area contributed by atoms with Gasteiger partial charge in [-0.2, -0.15) is 0 Å². The molecule has 21 heavy (non-hydrogen) atoms. The average Bonchev–Trinajstić information content (AvgIpc) is 2.56. The monoisotopic (exact) mass is 286 g/mol. The highest BCUT2D eigenvalue weighted by atomic mass is 16.5. The molecule has 0 saturated carbocycles. The molecular formula is C14H18N6O. The Morgan fingerprint density at radius 1 is 1.33 bits per heavy atom. The lowest BCUT2D eigenvalue weighted by molar-refractivity contribution is -0.0303. The zero-order valence-corrected chi connectivity index (χ0v) is 11.9. The van der Waals surface area contributed by atoms with Crippen LogP contribution in [0.1, 0.15) is 18.7 Å². The summed E-state index contributed by atoms with van der Waals surface area (Å²) in [7, 11) is 0. The first-order valence-electron chi connectivity index (χ1n) is 7.05. The first-order valence-corrected chi connectivity index (χ1v) is 7.05. The Hall–Kier alpha value is -2.12. The van der Waals surface area contributed by atoms with Gasteiger partial charge in [0.2, 0.25) is 5.95 Å². The van der Waals surface area contributed by atoms with Crippen LogP contribution in [0.2, 0.25) is 0 Å². The number of aromatic nitrogens is 4. The molecule has 1 atom stereocenters. The van der Waals surface area contributed by atoms with E-state index >= 15 is 0 Å². The molecule has 1 saturated heterocycles. The minimum Gasteiger partial charge on any atom is -0.369 e. The fraction of sp³-hybridized carbons (Fsp3) is 0.429. The zero-order valence-electron chi connectivity index (χ0n) is 11.9. The molecule has 1 fully saturated rings. The van der Waals surface area contributed by atoms with Gasteiger partial charge in [-0.25, -0.2) is 15.0 Å². The third-order valence-electron chi connectivity index (χ3n) is 3.39. The van der Waals surface area contributed by atoms with Crippen molar-refractivity contribution >= 4 is 11.8 Å². The summed E-state index contributed by atoms with van der Waals surface area (Å²) in [5.74, 6) is 1.12. The first-order chi connectivity index (χ1) is 10.3. The Labute approximate surface area is 123 Å². The van der Waals surface area contributed by atoms with E-state index in [-0.39, 0.29) is 6.10 Å². The second-order valence-corrected chi connectivity index (χ2v) is 4.78. The maximum atomic E-state index is 5.80. The van der Waals surface area contributed by atoms with Crippen molar-refractivity contribution in [3.05, 3.63) is 36.5 Å². The van der Waals surface area contributed by atoms with Gasteiger partial charge in [-0.15, -0.1) is 0 Å². The van der Waals surface area contributed by atoms with Crippen molar-refractivity contribution < 1.29 is 4.74 Å². The number of nitrogens with zero attached hydrogens (tertiary/aromatic N) is 5. The molecule has 0 aliphatic carbocycles. The molecule has 0 spiro atoms. The normalized spacial score (nSPS) is 19.4. The van der Waals surface area contributed by atoms with Crippen LogP contribution < -0.4 is 5.32 Å². The molecule has 0 amide bonds. The van der Waals surface area contributed by atoms with Crippen molar-refractivity contribution in [3.8, 4) is 0 Å². The minimum absolute atomic E-state index is 0.0374. The van der Waals surface area contributed by atoms with Gasteiger partial charge in [0.1, 0.15) is 6.10 Å². The van der Waals surface area contributed by atoms with Crippen molar-refractivity contribution in [3.63, 3.8) is 0 Å². The zero-order chi connectivity index (χ0) is 14.5. The number of ether oxygens (including phenoxy) is 1. The summed E-state index contributed by atoms with van der Waals surface area (Å²) in [6, 6.07) is 1.77. The van der Waals surface area contributed by atoms with Crippen LogP contribution in [0.4, 0.5) is 11.8 Å². The number of nitrogens with one attached hydrogen (secondary N) is 1. The topological polar surface area (TPSA) is 76.1 Å². The lowest BCUT2D eigenvalue weighted by Gasteiger charge is -2.31. The van der Waals surface area contributed by atoms with Gasteiger partial charge in [0, 0.05) is 25.5 Å². The van der Waals surface area contributed by atoms with Crippen molar-refractivity contribution in [1.29, 1.82) is 0 Å². The summed E-state index contributed by atoms with van der Waals surface area (Å²) >= 11 is 0. The minimum atomic E-state index is -0.0374. The van der Waals surface area contributed by atoms with Crippen LogP contribution in [0, 0.1) is 0 Å². The molecule has 1 aliphatic rings. The predicted octanol–water partition coefficient (Wildman–Crippen LogP) is 1.40. The van der Waals surface area contributed by atoms with Gasteiger partial charge in [0.25, 0.3) is 0 Å². The standard InChI is InChI=1S/C14H18N6O/c1-2-20-6-7-21-12(10-20)11-8-15-9-13(18-11)19-14-16-4-3-5-17-14/h3-5,8-9,12H,2,6-7,10H2,1H3,(H,16,17,18,19)/t12-/m1/s1. The van der Waals surface area contributed by atoms with Gasteiger partial charge in [-0.05, 0) is 12.6 Å². The van der Waals surface area contributed by atoms with Crippen LogP contribution in [0.25, 0.3) is 0 Å². The highest BCUT2D eigenvalue weighted by Crippen LogP contribution is 2.21. The van der Waals surface area contributed by atoms with Crippen LogP contribution in [-0.4, -0.2) is 51.1 Å². The van der Waals surface area contributed by atoms with Gasteiger partial charge in [-0.3, -0.25) is 9.88 Å². The van der Waals surface area contributed by atoms with E-state index in [1.165, 1.54) is 0 Å². The summed E-state index contributed by atoms with van der Waals surface area (Å²) < 4.78 is 5.80. The predicted molar refractivity (Wildman–Crippen MR) is 78.2 cm³/mol. The number of morpholine rings is 1. The quantitative estimate of drug-likeness (QED) is 0.910. The number of hydrogen-bond acceptors (Lipinski definition) is 7. The van der Waals surface area contributed by atoms with Crippen LogP contribution in [-0.2, 0) is 4.74 Å². The Morgan fingerprint density at radius 2 is 2.19 bits per heavy atom. The Kier molecular flexibility index (Phi) is 4.32. The summed E-state index contributed by atoms with van der Waals surface area (Å²) in [6.07, 6.45) is 6.72. The third-order valence-corrected chi connectivity index (χ3v) is 3.39. The van der Waals surface area contributed by atoms with E-state index in [0.29, 0.717) is 11.8 Å². The fourth-order valence-corrected chi connectivity index (χ4v) is 2.24. The van der Waals surface area contributed by atoms with Gasteiger partial charge < -0.3 is 10.1 Å². The first kappa shape index (κ1) is 13.8. The third kappa shape index (κ3) is 3.50. The number of rotatable bonds is 4. The van der Waals surface area contributed by atoms with Crippen LogP contribution in [0.5, 0.6) is 0 Å². The largest absolute Gasteiger partial charge is 0.369 e. The van der Waals surface area contributed by atoms with Crippen molar-refractivity contribution in [2.75, 3.05) is 31.6 Å². The second-order valence-electron chi connectivity index (χ2n) is 4.78. The maximum Gasteiger partial charge on any atom is 0.228 e. The molecule has 7 heteroatoms. The lowest BCUT2D eigenvalue weighted by Crippen LogP contribution is -2.38. The maximum absolute atomic E-state index is 5.80.